The summed E-state index contributed by atoms with van der Waals surface area (Å²) in [7, 11) is 0. The van der Waals surface area contributed by atoms with Crippen molar-refractivity contribution < 1.29 is 14.3 Å². The van der Waals surface area contributed by atoms with Gasteiger partial charge in [0.2, 0.25) is 0 Å². The van der Waals surface area contributed by atoms with Gasteiger partial charge in [0, 0.05) is 18.7 Å². The highest BCUT2D eigenvalue weighted by atomic mass is 19.1. The minimum Gasteiger partial charge on any atom is -0.391 e. The summed E-state index contributed by atoms with van der Waals surface area (Å²) in [5, 5.41) is 9.78. The molecular weight excluding hydrogens is 221 g/mol. The van der Waals surface area contributed by atoms with Gasteiger partial charge < -0.3 is 10.0 Å². The van der Waals surface area contributed by atoms with E-state index in [1.165, 1.54) is 6.07 Å². The minimum absolute atomic E-state index is 0.253. The van der Waals surface area contributed by atoms with E-state index in [0.717, 1.165) is 13.0 Å². The number of hydrogen-bond donors (Lipinski definition) is 1. The van der Waals surface area contributed by atoms with E-state index >= 15 is 0 Å². The first-order chi connectivity index (χ1) is 8.11. The number of aldehydes is 1. The molecule has 0 saturated carbocycles. The molecule has 0 aromatic heterocycles. The van der Waals surface area contributed by atoms with Crippen molar-refractivity contribution in [3.63, 3.8) is 0 Å². The summed E-state index contributed by atoms with van der Waals surface area (Å²) >= 11 is 0. The lowest BCUT2D eigenvalue weighted by Gasteiger charge is -2.36. The predicted octanol–water partition coefficient (Wildman–Crippen LogP) is 1.85. The third kappa shape index (κ3) is 2.47. The number of halogens is 1. The Kier molecular flexibility index (Phi) is 3.43. The Bertz CT molecular complexity index is 422. The second-order valence-corrected chi connectivity index (χ2v) is 4.61. The van der Waals surface area contributed by atoms with Gasteiger partial charge in [0.1, 0.15) is 12.1 Å². The van der Waals surface area contributed by atoms with Gasteiger partial charge in [-0.1, -0.05) is 6.92 Å². The highest BCUT2D eigenvalue weighted by Gasteiger charge is 2.25. The molecule has 1 N–H and O–H groups in total. The zero-order valence-corrected chi connectivity index (χ0v) is 9.77. The largest absolute Gasteiger partial charge is 0.391 e. The van der Waals surface area contributed by atoms with Gasteiger partial charge in [-0.15, -0.1) is 0 Å². The third-order valence-electron chi connectivity index (χ3n) is 3.37. The topological polar surface area (TPSA) is 40.5 Å². The molecule has 2 atom stereocenters. The van der Waals surface area contributed by atoms with E-state index in [9.17, 15) is 14.3 Å². The fourth-order valence-electron chi connectivity index (χ4n) is 2.12. The van der Waals surface area contributed by atoms with Crippen molar-refractivity contribution in [3.8, 4) is 0 Å². The van der Waals surface area contributed by atoms with Gasteiger partial charge in [0.25, 0.3) is 0 Å². The van der Waals surface area contributed by atoms with Crippen LogP contribution in [0.1, 0.15) is 23.7 Å². The maximum absolute atomic E-state index is 13.8. The van der Waals surface area contributed by atoms with E-state index in [1.54, 1.807) is 12.1 Å². The van der Waals surface area contributed by atoms with Crippen molar-refractivity contribution in [2.24, 2.45) is 5.92 Å². The molecule has 1 aromatic carbocycles. The summed E-state index contributed by atoms with van der Waals surface area (Å²) in [6, 6.07) is 4.42. The molecule has 2 rings (SSSR count). The molecule has 0 radical (unpaired) electrons. The van der Waals surface area contributed by atoms with Gasteiger partial charge in [0.15, 0.2) is 0 Å². The Morgan fingerprint density at radius 2 is 2.29 bits per heavy atom. The van der Waals surface area contributed by atoms with Gasteiger partial charge in [-0.3, -0.25) is 4.79 Å². The summed E-state index contributed by atoms with van der Waals surface area (Å²) in [6.45, 7) is 3.17. The highest BCUT2D eigenvalue weighted by molar-refractivity contribution is 5.76. The molecule has 1 saturated heterocycles. The number of aliphatic hydroxyl groups is 1. The van der Waals surface area contributed by atoms with Crippen molar-refractivity contribution in [2.45, 2.75) is 19.4 Å². The Labute approximate surface area is 99.9 Å². The van der Waals surface area contributed by atoms with Gasteiger partial charge in [-0.05, 0) is 30.5 Å². The maximum Gasteiger partial charge on any atom is 0.150 e. The molecule has 0 aliphatic carbocycles. The molecule has 0 amide bonds. The van der Waals surface area contributed by atoms with Crippen LogP contribution >= 0.6 is 0 Å². The van der Waals surface area contributed by atoms with Crippen LogP contribution in [0.5, 0.6) is 0 Å². The first-order valence-corrected chi connectivity index (χ1v) is 5.79. The Balaban J connectivity index is 2.20. The van der Waals surface area contributed by atoms with E-state index in [1.807, 2.05) is 11.8 Å². The number of nitrogens with zero attached hydrogens (tertiary/aromatic N) is 1. The zero-order chi connectivity index (χ0) is 12.4. The first-order valence-electron chi connectivity index (χ1n) is 5.79. The smallest absolute Gasteiger partial charge is 0.150 e. The van der Waals surface area contributed by atoms with Crippen LogP contribution in [0, 0.1) is 11.7 Å². The first kappa shape index (κ1) is 12.0. The number of hydrogen-bond acceptors (Lipinski definition) is 3. The fourth-order valence-corrected chi connectivity index (χ4v) is 2.12. The van der Waals surface area contributed by atoms with Crippen LogP contribution in [0.2, 0.25) is 0 Å². The molecule has 1 aliphatic rings. The van der Waals surface area contributed by atoms with Crippen LogP contribution in [-0.2, 0) is 0 Å². The molecule has 1 aromatic rings. The SMILES string of the molecule is CC1CCN(c2ccc(C=O)cc2F)CC1O. The van der Waals surface area contributed by atoms with Gasteiger partial charge in [-0.2, -0.15) is 0 Å². The van der Waals surface area contributed by atoms with Crippen LogP contribution in [0.25, 0.3) is 0 Å². The van der Waals surface area contributed by atoms with Crippen molar-refractivity contribution in [1.82, 2.24) is 0 Å². The van der Waals surface area contributed by atoms with E-state index < -0.39 is 11.9 Å². The normalized spacial score (nSPS) is 24.8. The summed E-state index contributed by atoms with van der Waals surface area (Å²) in [6.07, 6.45) is 1.05. The number of piperidine rings is 1. The third-order valence-corrected chi connectivity index (χ3v) is 3.37. The lowest BCUT2D eigenvalue weighted by Crippen LogP contribution is -2.43. The number of anilines is 1. The number of carbonyl (C=O) groups excluding carboxylic acids is 1. The van der Waals surface area contributed by atoms with Crippen LogP contribution in [0.3, 0.4) is 0 Å². The quantitative estimate of drug-likeness (QED) is 0.798. The van der Waals surface area contributed by atoms with Gasteiger partial charge in [0.05, 0.1) is 11.8 Å². The number of carbonyl (C=O) groups is 1. The number of aliphatic hydroxyl groups excluding tert-OH is 1. The Hall–Kier alpha value is -1.42. The summed E-state index contributed by atoms with van der Waals surface area (Å²) in [5.41, 5.74) is 0.790. The highest BCUT2D eigenvalue weighted by Crippen LogP contribution is 2.26. The monoisotopic (exact) mass is 237 g/mol. The Morgan fingerprint density at radius 1 is 1.53 bits per heavy atom. The minimum atomic E-state index is -0.422. The predicted molar refractivity (Wildman–Crippen MR) is 63.8 cm³/mol. The summed E-state index contributed by atoms with van der Waals surface area (Å²) in [4.78, 5) is 12.3. The molecule has 2 unspecified atom stereocenters. The summed E-state index contributed by atoms with van der Waals surface area (Å²) in [5.74, 6) is -0.153. The standard InChI is InChI=1S/C13H16FNO2/c1-9-4-5-15(7-13(9)17)12-3-2-10(8-16)6-11(12)14/h2-3,6,8-9,13,17H,4-5,7H2,1H3. The molecule has 4 heteroatoms. The second-order valence-electron chi connectivity index (χ2n) is 4.61. The molecule has 0 bridgehead atoms. The molecule has 0 spiro atoms. The van der Waals surface area contributed by atoms with Crippen molar-refractivity contribution in [3.05, 3.63) is 29.6 Å². The fraction of sp³-hybridized carbons (Fsp3) is 0.462. The second kappa shape index (κ2) is 4.84. The lowest BCUT2D eigenvalue weighted by atomic mass is 9.95. The van der Waals surface area contributed by atoms with Crippen LogP contribution in [-0.4, -0.2) is 30.6 Å². The number of rotatable bonds is 2. The van der Waals surface area contributed by atoms with Gasteiger partial charge in [-0.25, -0.2) is 4.39 Å². The van der Waals surface area contributed by atoms with E-state index in [0.29, 0.717) is 24.1 Å². The molecule has 1 aliphatic heterocycles. The zero-order valence-electron chi connectivity index (χ0n) is 9.77. The average molecular weight is 237 g/mol. The molecule has 1 heterocycles. The van der Waals surface area contributed by atoms with Crippen molar-refractivity contribution in [2.75, 3.05) is 18.0 Å². The van der Waals surface area contributed by atoms with E-state index in [-0.39, 0.29) is 5.92 Å². The van der Waals surface area contributed by atoms with Crippen molar-refractivity contribution in [1.29, 1.82) is 0 Å². The van der Waals surface area contributed by atoms with Crippen LogP contribution < -0.4 is 4.90 Å². The van der Waals surface area contributed by atoms with E-state index in [4.69, 9.17) is 0 Å². The number of benzene rings is 1. The van der Waals surface area contributed by atoms with Crippen LogP contribution in [0.4, 0.5) is 10.1 Å². The summed E-state index contributed by atoms with van der Waals surface area (Å²) < 4.78 is 13.8. The molecule has 1 fully saturated rings. The maximum atomic E-state index is 13.8. The molecular formula is C13H16FNO2. The molecule has 17 heavy (non-hydrogen) atoms. The van der Waals surface area contributed by atoms with Crippen LogP contribution in [0.15, 0.2) is 18.2 Å². The van der Waals surface area contributed by atoms with Crippen molar-refractivity contribution >= 4 is 12.0 Å². The van der Waals surface area contributed by atoms with E-state index in [2.05, 4.69) is 0 Å². The molecule has 92 valence electrons. The number of β-amino-alcohol motifs (C(OH)–C–C–N with tert-alkyl or cyclic N) is 1. The lowest BCUT2D eigenvalue weighted by molar-refractivity contribution is 0.102. The Morgan fingerprint density at radius 3 is 2.88 bits per heavy atom. The average Bonchev–Trinajstić information content (AvgIpc) is 2.32. The molecule has 3 nitrogen and oxygen atoms in total. The van der Waals surface area contributed by atoms with Gasteiger partial charge >= 0.3 is 0 Å².